The number of piperidine rings is 1. The zero-order chi connectivity index (χ0) is 13.0. The molecule has 1 fully saturated rings. The third-order valence-electron chi connectivity index (χ3n) is 3.25. The Kier molecular flexibility index (Phi) is 4.09. The molecule has 0 saturated carbocycles. The number of nitrogens with zero attached hydrogens (tertiary/aromatic N) is 2. The Morgan fingerprint density at radius 1 is 1.50 bits per heavy atom. The molecule has 0 spiro atoms. The van der Waals surface area contributed by atoms with E-state index in [1.54, 1.807) is 4.90 Å². The second-order valence-electron chi connectivity index (χ2n) is 4.47. The van der Waals surface area contributed by atoms with Gasteiger partial charge in [-0.2, -0.15) is 5.10 Å². The number of H-pyrrole nitrogens is 1. The minimum absolute atomic E-state index is 0.0741. The Balaban J connectivity index is 2.15. The molecule has 1 aliphatic rings. The standard InChI is InChI=1S/C12H17N3O3/c16-8-6-9-3-1-2-7-15(9)12(18)10-4-5-11(17)14-13-10/h4-5,9,16H,1-3,6-8H2,(H,14,17). The first-order valence-electron chi connectivity index (χ1n) is 6.20. The molecule has 6 nitrogen and oxygen atoms in total. The Morgan fingerprint density at radius 2 is 2.33 bits per heavy atom. The van der Waals surface area contributed by atoms with Crippen LogP contribution in [0.4, 0.5) is 0 Å². The Bertz CT molecular complexity index is 449. The fraction of sp³-hybridized carbons (Fsp3) is 0.583. The van der Waals surface area contributed by atoms with Gasteiger partial charge in [0.1, 0.15) is 5.69 Å². The first-order chi connectivity index (χ1) is 8.72. The monoisotopic (exact) mass is 251 g/mol. The van der Waals surface area contributed by atoms with E-state index >= 15 is 0 Å². The summed E-state index contributed by atoms with van der Waals surface area (Å²) in [6.45, 7) is 0.762. The molecular weight excluding hydrogens is 234 g/mol. The average Bonchev–Trinajstić information content (AvgIpc) is 2.40. The van der Waals surface area contributed by atoms with Crippen LogP contribution in [-0.2, 0) is 0 Å². The maximum Gasteiger partial charge on any atom is 0.274 e. The number of aromatic nitrogens is 2. The Hall–Kier alpha value is -1.69. The van der Waals surface area contributed by atoms with Crippen LogP contribution >= 0.6 is 0 Å². The van der Waals surface area contributed by atoms with Crippen LogP contribution in [0.15, 0.2) is 16.9 Å². The summed E-state index contributed by atoms with van der Waals surface area (Å²) >= 11 is 0. The quantitative estimate of drug-likeness (QED) is 0.800. The van der Waals surface area contributed by atoms with Crippen molar-refractivity contribution in [1.29, 1.82) is 0 Å². The predicted octanol–water partition coefficient (Wildman–Crippen LogP) is 0.147. The molecule has 0 aromatic carbocycles. The van der Waals surface area contributed by atoms with Gasteiger partial charge in [-0.05, 0) is 31.7 Å². The molecule has 1 aromatic heterocycles. The highest BCUT2D eigenvalue weighted by Gasteiger charge is 2.27. The van der Waals surface area contributed by atoms with Crippen LogP contribution in [0.5, 0.6) is 0 Å². The average molecular weight is 251 g/mol. The molecule has 2 heterocycles. The molecule has 1 amide bonds. The molecule has 98 valence electrons. The van der Waals surface area contributed by atoms with Gasteiger partial charge in [-0.25, -0.2) is 5.10 Å². The second-order valence-corrected chi connectivity index (χ2v) is 4.47. The number of aliphatic hydroxyl groups excluding tert-OH is 1. The summed E-state index contributed by atoms with van der Waals surface area (Å²) in [5, 5.41) is 15.0. The van der Waals surface area contributed by atoms with Crippen LogP contribution in [0.3, 0.4) is 0 Å². The minimum atomic E-state index is -0.322. The third kappa shape index (κ3) is 2.76. The van der Waals surface area contributed by atoms with E-state index in [-0.39, 0.29) is 29.8 Å². The SMILES string of the molecule is O=C(c1ccc(=O)[nH]n1)N1CCCCC1CCO. The van der Waals surface area contributed by atoms with Gasteiger partial charge in [0.25, 0.3) is 11.5 Å². The number of hydrogen-bond acceptors (Lipinski definition) is 4. The molecule has 0 radical (unpaired) electrons. The van der Waals surface area contributed by atoms with Crippen LogP contribution in [0.1, 0.15) is 36.2 Å². The van der Waals surface area contributed by atoms with Gasteiger partial charge in [0, 0.05) is 25.3 Å². The van der Waals surface area contributed by atoms with Crippen molar-refractivity contribution in [2.24, 2.45) is 0 Å². The lowest BCUT2D eigenvalue weighted by atomic mass is 9.99. The maximum absolute atomic E-state index is 12.3. The molecule has 18 heavy (non-hydrogen) atoms. The number of hydrogen-bond donors (Lipinski definition) is 2. The molecule has 1 saturated heterocycles. The number of carbonyl (C=O) groups is 1. The lowest BCUT2D eigenvalue weighted by Gasteiger charge is -2.35. The minimum Gasteiger partial charge on any atom is -0.396 e. The van der Waals surface area contributed by atoms with E-state index < -0.39 is 0 Å². The van der Waals surface area contributed by atoms with Crippen molar-refractivity contribution in [3.8, 4) is 0 Å². The zero-order valence-corrected chi connectivity index (χ0v) is 10.1. The molecule has 1 aromatic rings. The number of amides is 1. The molecule has 0 aliphatic carbocycles. The van der Waals surface area contributed by atoms with E-state index in [9.17, 15) is 9.59 Å². The maximum atomic E-state index is 12.3. The van der Waals surface area contributed by atoms with Crippen molar-refractivity contribution in [3.63, 3.8) is 0 Å². The number of rotatable bonds is 3. The van der Waals surface area contributed by atoms with Crippen molar-refractivity contribution in [2.45, 2.75) is 31.7 Å². The van der Waals surface area contributed by atoms with Crippen molar-refractivity contribution in [3.05, 3.63) is 28.2 Å². The topological polar surface area (TPSA) is 86.3 Å². The van der Waals surface area contributed by atoms with Gasteiger partial charge in [-0.15, -0.1) is 0 Å². The third-order valence-corrected chi connectivity index (χ3v) is 3.25. The van der Waals surface area contributed by atoms with E-state index in [0.717, 1.165) is 19.3 Å². The fourth-order valence-electron chi connectivity index (χ4n) is 2.33. The fourth-order valence-corrected chi connectivity index (χ4v) is 2.33. The van der Waals surface area contributed by atoms with Crippen LogP contribution in [0.25, 0.3) is 0 Å². The summed E-state index contributed by atoms with van der Waals surface area (Å²) in [4.78, 5) is 24.9. The lowest BCUT2D eigenvalue weighted by molar-refractivity contribution is 0.0567. The molecule has 6 heteroatoms. The molecular formula is C12H17N3O3. The number of aliphatic hydroxyl groups is 1. The van der Waals surface area contributed by atoms with Gasteiger partial charge < -0.3 is 10.0 Å². The predicted molar refractivity (Wildman–Crippen MR) is 65.2 cm³/mol. The normalized spacial score (nSPS) is 19.8. The van der Waals surface area contributed by atoms with E-state index in [4.69, 9.17) is 5.11 Å². The van der Waals surface area contributed by atoms with Crippen LogP contribution in [0, 0.1) is 0 Å². The Labute approximate surface area is 105 Å². The number of carbonyl (C=O) groups excluding carboxylic acids is 1. The molecule has 1 atom stereocenters. The van der Waals surface area contributed by atoms with Gasteiger partial charge in [0.05, 0.1) is 0 Å². The summed E-state index contributed by atoms with van der Waals surface area (Å²) in [7, 11) is 0. The molecule has 1 aliphatic heterocycles. The van der Waals surface area contributed by atoms with Gasteiger partial charge in [-0.3, -0.25) is 9.59 Å². The van der Waals surface area contributed by atoms with Crippen LogP contribution in [-0.4, -0.2) is 45.3 Å². The van der Waals surface area contributed by atoms with Crippen LogP contribution < -0.4 is 5.56 Å². The summed E-state index contributed by atoms with van der Waals surface area (Å²) < 4.78 is 0. The largest absolute Gasteiger partial charge is 0.396 e. The first-order valence-corrected chi connectivity index (χ1v) is 6.20. The van der Waals surface area contributed by atoms with Gasteiger partial charge in [0.2, 0.25) is 0 Å². The van der Waals surface area contributed by atoms with Crippen molar-refractivity contribution in [1.82, 2.24) is 15.1 Å². The van der Waals surface area contributed by atoms with E-state index in [2.05, 4.69) is 10.2 Å². The highest BCUT2D eigenvalue weighted by Crippen LogP contribution is 2.20. The number of likely N-dealkylation sites (tertiary alicyclic amines) is 1. The van der Waals surface area contributed by atoms with E-state index in [1.165, 1.54) is 12.1 Å². The summed E-state index contributed by atoms with van der Waals surface area (Å²) in [6, 6.07) is 2.81. The van der Waals surface area contributed by atoms with Gasteiger partial charge in [-0.1, -0.05) is 0 Å². The van der Waals surface area contributed by atoms with Gasteiger partial charge in [0.15, 0.2) is 0 Å². The smallest absolute Gasteiger partial charge is 0.274 e. The van der Waals surface area contributed by atoms with E-state index in [0.29, 0.717) is 13.0 Å². The summed E-state index contributed by atoms with van der Waals surface area (Å²) in [6.07, 6.45) is 3.55. The second kappa shape index (κ2) is 5.77. The first kappa shape index (κ1) is 12.8. The molecule has 2 N–H and O–H groups in total. The van der Waals surface area contributed by atoms with Crippen molar-refractivity contribution >= 4 is 5.91 Å². The molecule has 1 unspecified atom stereocenters. The number of aromatic amines is 1. The zero-order valence-electron chi connectivity index (χ0n) is 10.1. The highest BCUT2D eigenvalue weighted by molar-refractivity contribution is 5.92. The lowest BCUT2D eigenvalue weighted by Crippen LogP contribution is -2.44. The summed E-state index contributed by atoms with van der Waals surface area (Å²) in [5.41, 5.74) is -0.0726. The van der Waals surface area contributed by atoms with Gasteiger partial charge >= 0.3 is 0 Å². The van der Waals surface area contributed by atoms with Crippen molar-refractivity contribution in [2.75, 3.05) is 13.2 Å². The summed E-state index contributed by atoms with van der Waals surface area (Å²) in [5.74, 6) is -0.176. The van der Waals surface area contributed by atoms with Crippen LogP contribution in [0.2, 0.25) is 0 Å². The van der Waals surface area contributed by atoms with E-state index in [1.807, 2.05) is 0 Å². The molecule has 2 rings (SSSR count). The highest BCUT2D eigenvalue weighted by atomic mass is 16.3. The Morgan fingerprint density at radius 3 is 3.00 bits per heavy atom. The molecule has 0 bridgehead atoms. The van der Waals surface area contributed by atoms with Crippen molar-refractivity contribution < 1.29 is 9.90 Å². The number of nitrogens with one attached hydrogen (secondary N) is 1.